The first-order valence-corrected chi connectivity index (χ1v) is 15.0. The van der Waals surface area contributed by atoms with Crippen LogP contribution in [0.1, 0.15) is 47.2 Å². The Kier molecular flexibility index (Phi) is 4.14. The molecule has 0 fully saturated rings. The van der Waals surface area contributed by atoms with Crippen LogP contribution in [0, 0.1) is 0 Å². The second-order valence-electron chi connectivity index (χ2n) is 10.5. The van der Waals surface area contributed by atoms with E-state index in [2.05, 4.69) is 124 Å². The summed E-state index contributed by atoms with van der Waals surface area (Å²) < 4.78 is 0. The van der Waals surface area contributed by atoms with Crippen LogP contribution in [0.3, 0.4) is 0 Å². The maximum Gasteiger partial charge on any atom is 0.107 e. The molecule has 0 radical (unpaired) electrons. The van der Waals surface area contributed by atoms with Crippen LogP contribution in [0.4, 0.5) is 0 Å². The van der Waals surface area contributed by atoms with Crippen molar-refractivity contribution in [2.45, 2.75) is 31.5 Å². The van der Waals surface area contributed by atoms with E-state index in [4.69, 9.17) is 0 Å². The van der Waals surface area contributed by atoms with Crippen molar-refractivity contribution in [1.82, 2.24) is 0 Å². The fourth-order valence-electron chi connectivity index (χ4n) is 7.37. The summed E-state index contributed by atoms with van der Waals surface area (Å²) >= 11 is 0. The molecule has 3 unspecified atom stereocenters. The summed E-state index contributed by atoms with van der Waals surface area (Å²) in [5.74, 6) is 0. The molecule has 4 aromatic carbocycles. The Morgan fingerprint density at radius 2 is 1.15 bits per heavy atom. The molecule has 34 heavy (non-hydrogen) atoms. The van der Waals surface area contributed by atoms with Crippen LogP contribution >= 0.6 is 0 Å². The maximum absolute atomic E-state index is 2.65. The van der Waals surface area contributed by atoms with E-state index in [0.29, 0.717) is 11.1 Å². The Morgan fingerprint density at radius 3 is 1.82 bits per heavy atom. The lowest BCUT2D eigenvalue weighted by Crippen LogP contribution is -2.65. The van der Waals surface area contributed by atoms with Gasteiger partial charge >= 0.3 is 0 Å². The predicted octanol–water partition coefficient (Wildman–Crippen LogP) is 8.10. The van der Waals surface area contributed by atoms with Gasteiger partial charge in [-0.3, -0.25) is 0 Å². The van der Waals surface area contributed by atoms with Crippen molar-refractivity contribution in [3.63, 3.8) is 0 Å². The fraction of sp³-hybridized carbons (Fsp3) is 0.152. The average molecular weight is 453 g/mol. The van der Waals surface area contributed by atoms with Gasteiger partial charge in [0.15, 0.2) is 0 Å². The minimum atomic E-state index is -1.82. The molecular weight excluding hydrogens is 424 g/mol. The highest BCUT2D eigenvalue weighted by Crippen LogP contribution is 2.59. The Hall–Kier alpha value is -3.42. The smallest absolute Gasteiger partial charge is 0.0675 e. The molecule has 1 heterocycles. The normalized spacial score (nSPS) is 23.6. The molecule has 0 nitrogen and oxygen atoms in total. The van der Waals surface area contributed by atoms with Gasteiger partial charge in [0.05, 0.1) is 0 Å². The number of rotatable bonds is 3. The number of fused-ring (bicyclic) bond motifs is 1. The standard InChI is InChI=1S/C33H28Si/c1-21-19-28-25(23-11-6-4-7-12-23)15-10-16-27(28)32(21)34(3)30-18-17-26(24-13-8-5-9-14-24)29-20-22(2)33(34)31(29)30/h4-20,32-33H,1-3H3. The van der Waals surface area contributed by atoms with Crippen LogP contribution in [0.25, 0.3) is 34.4 Å². The summed E-state index contributed by atoms with van der Waals surface area (Å²) in [6.07, 6.45) is 4.99. The van der Waals surface area contributed by atoms with Crippen molar-refractivity contribution in [3.05, 3.63) is 124 Å². The average Bonchev–Trinajstić information content (AvgIpc) is 3.39. The van der Waals surface area contributed by atoms with Crippen molar-refractivity contribution in [2.75, 3.05) is 0 Å². The van der Waals surface area contributed by atoms with Crippen LogP contribution in [0.15, 0.2) is 102 Å². The number of allylic oxidation sites excluding steroid dienone is 2. The number of benzene rings is 4. The van der Waals surface area contributed by atoms with Crippen molar-refractivity contribution in [3.8, 4) is 22.3 Å². The molecule has 3 aliphatic rings. The van der Waals surface area contributed by atoms with Crippen LogP contribution < -0.4 is 5.19 Å². The van der Waals surface area contributed by atoms with Crippen LogP contribution in [-0.4, -0.2) is 8.07 Å². The SMILES string of the molecule is CC1=Cc2c(-c3ccccc3)cccc2C1[Si]1(C)c2ccc(-c3ccccc3)c3c2C1C(C)=C3. The van der Waals surface area contributed by atoms with E-state index < -0.39 is 8.07 Å². The fourth-order valence-corrected chi connectivity index (χ4v) is 13.3. The lowest BCUT2D eigenvalue weighted by atomic mass is 9.96. The molecular formula is C33H28Si. The summed E-state index contributed by atoms with van der Waals surface area (Å²) in [5.41, 5.74) is 15.8. The highest BCUT2D eigenvalue weighted by molar-refractivity contribution is 6.98. The van der Waals surface area contributed by atoms with E-state index in [1.54, 1.807) is 27.5 Å². The predicted molar refractivity (Wildman–Crippen MR) is 148 cm³/mol. The molecule has 0 spiro atoms. The van der Waals surface area contributed by atoms with E-state index >= 15 is 0 Å². The Bertz CT molecular complexity index is 1520. The molecule has 0 saturated heterocycles. The Balaban J connectivity index is 1.39. The largest absolute Gasteiger partial charge is 0.107 e. The van der Waals surface area contributed by atoms with Crippen LogP contribution in [0.5, 0.6) is 0 Å². The summed E-state index contributed by atoms with van der Waals surface area (Å²) in [7, 11) is -1.82. The summed E-state index contributed by atoms with van der Waals surface area (Å²) in [6.45, 7) is 7.41. The molecule has 0 N–H and O–H groups in total. The van der Waals surface area contributed by atoms with Crippen LogP contribution in [0.2, 0.25) is 6.55 Å². The van der Waals surface area contributed by atoms with E-state index in [1.807, 2.05) is 0 Å². The molecule has 164 valence electrons. The number of hydrogen-bond acceptors (Lipinski definition) is 0. The molecule has 0 amide bonds. The highest BCUT2D eigenvalue weighted by Gasteiger charge is 2.59. The van der Waals surface area contributed by atoms with Gasteiger partial charge in [-0.15, -0.1) is 0 Å². The first-order valence-electron chi connectivity index (χ1n) is 12.4. The van der Waals surface area contributed by atoms with Gasteiger partial charge in [-0.1, -0.05) is 126 Å². The van der Waals surface area contributed by atoms with E-state index in [-0.39, 0.29) is 0 Å². The zero-order chi connectivity index (χ0) is 23.0. The van der Waals surface area contributed by atoms with Crippen molar-refractivity contribution >= 4 is 25.4 Å². The van der Waals surface area contributed by atoms with Gasteiger partial charge < -0.3 is 0 Å². The van der Waals surface area contributed by atoms with E-state index in [9.17, 15) is 0 Å². The van der Waals surface area contributed by atoms with Gasteiger partial charge in [0, 0.05) is 11.1 Å². The summed E-state index contributed by atoms with van der Waals surface area (Å²) in [4.78, 5) is 0. The molecule has 0 bridgehead atoms. The van der Waals surface area contributed by atoms with Gasteiger partial charge in [-0.2, -0.15) is 0 Å². The topological polar surface area (TPSA) is 0 Å². The van der Waals surface area contributed by atoms with E-state index in [0.717, 1.165) is 0 Å². The van der Waals surface area contributed by atoms with Crippen LogP contribution in [-0.2, 0) is 0 Å². The summed E-state index contributed by atoms with van der Waals surface area (Å²) in [6, 6.07) is 33.6. The van der Waals surface area contributed by atoms with Gasteiger partial charge in [-0.05, 0) is 58.4 Å². The third kappa shape index (κ3) is 2.48. The minimum Gasteiger partial charge on any atom is -0.0675 e. The first-order chi connectivity index (χ1) is 16.6. The Morgan fingerprint density at radius 1 is 0.559 bits per heavy atom. The van der Waals surface area contributed by atoms with Gasteiger partial charge in [-0.25, -0.2) is 0 Å². The molecule has 0 aromatic heterocycles. The minimum absolute atomic E-state index is 0.542. The summed E-state index contributed by atoms with van der Waals surface area (Å²) in [5, 5.41) is 1.68. The second-order valence-corrected chi connectivity index (χ2v) is 14.7. The quantitative estimate of drug-likeness (QED) is 0.275. The maximum atomic E-state index is 2.65. The first kappa shape index (κ1) is 20.0. The zero-order valence-electron chi connectivity index (χ0n) is 20.0. The molecule has 7 rings (SSSR count). The zero-order valence-corrected chi connectivity index (χ0v) is 21.0. The molecule has 4 aromatic rings. The highest BCUT2D eigenvalue weighted by atomic mass is 28.3. The molecule has 2 aliphatic carbocycles. The van der Waals surface area contributed by atoms with Gasteiger partial charge in [0.1, 0.15) is 8.07 Å². The molecule has 1 heteroatoms. The molecule has 3 atom stereocenters. The third-order valence-corrected chi connectivity index (χ3v) is 14.1. The van der Waals surface area contributed by atoms with Gasteiger partial charge in [0.25, 0.3) is 0 Å². The lowest BCUT2D eigenvalue weighted by Gasteiger charge is -2.51. The second kappa shape index (κ2) is 7.04. The molecule has 0 saturated carbocycles. The lowest BCUT2D eigenvalue weighted by molar-refractivity contribution is 0.946. The van der Waals surface area contributed by atoms with Crippen molar-refractivity contribution in [2.24, 2.45) is 0 Å². The third-order valence-electron chi connectivity index (χ3n) is 8.63. The van der Waals surface area contributed by atoms with Crippen molar-refractivity contribution < 1.29 is 0 Å². The Labute approximate surface area is 203 Å². The van der Waals surface area contributed by atoms with E-state index in [1.165, 1.54) is 33.4 Å². The molecule has 1 aliphatic heterocycles. The van der Waals surface area contributed by atoms with Gasteiger partial charge in [0.2, 0.25) is 0 Å². The number of hydrogen-bond donors (Lipinski definition) is 0. The van der Waals surface area contributed by atoms with Crippen molar-refractivity contribution in [1.29, 1.82) is 0 Å². The monoisotopic (exact) mass is 452 g/mol.